The van der Waals surface area contributed by atoms with Crippen molar-refractivity contribution in [3.05, 3.63) is 0 Å². The average Bonchev–Trinajstić information content (AvgIpc) is 0.859. The van der Waals surface area contributed by atoms with Crippen LogP contribution in [0.25, 0.3) is 0 Å². The zero-order valence-electron chi connectivity index (χ0n) is 60.7. The highest BCUT2D eigenvalue weighted by atomic mass is 32.2. The molecular weight excluding hydrogens is 1210 g/mol. The van der Waals surface area contributed by atoms with Crippen LogP contribution in [-0.2, 0) is 52.7 Å². The first kappa shape index (κ1) is 85.4. The Kier molecular flexibility index (Phi) is 37.4. The molecule has 0 aromatic heterocycles. The molecule has 0 radical (unpaired) electrons. The van der Waals surface area contributed by atoms with Crippen molar-refractivity contribution in [1.82, 2.24) is 55.6 Å². The largest absolute Gasteiger partial charge is 0.396 e. The van der Waals surface area contributed by atoms with Crippen molar-refractivity contribution in [2.24, 2.45) is 41.4 Å². The lowest BCUT2D eigenvalue weighted by molar-refractivity contribution is -0.157. The molecule has 1 aliphatic heterocycles. The number of aliphatic hydroxyl groups excluding tert-OH is 3. The van der Waals surface area contributed by atoms with Crippen molar-refractivity contribution >= 4 is 76.7 Å². The molecule has 1 saturated heterocycles. The Labute approximate surface area is 561 Å². The summed E-state index contributed by atoms with van der Waals surface area (Å²) in [6, 6.07) is -14.0. The first-order chi connectivity index (χ1) is 43.2. The second-order valence-corrected chi connectivity index (χ2v) is 29.4. The lowest BCUT2D eigenvalue weighted by Gasteiger charge is -2.41. The molecule has 1 aliphatic rings. The van der Waals surface area contributed by atoms with Crippen LogP contribution in [0.3, 0.4) is 0 Å². The predicted molar refractivity (Wildman–Crippen MR) is 363 cm³/mol. The number of aliphatic hydroxyl groups is 3. The summed E-state index contributed by atoms with van der Waals surface area (Å²) in [5, 5.41) is 42.6. The van der Waals surface area contributed by atoms with E-state index in [1.165, 1.54) is 104 Å². The van der Waals surface area contributed by atoms with E-state index in [-0.39, 0.29) is 74.7 Å². The molecule has 536 valence electrons. The second kappa shape index (κ2) is 40.7. The molecule has 1 rings (SSSR count). The maximum Gasteiger partial charge on any atom is 0.246 e. The number of nitrogens with one attached hydrogen (secondary N) is 4. The Bertz CT molecular complexity index is 2450. The minimum atomic E-state index is -1.67. The van der Waals surface area contributed by atoms with Gasteiger partial charge in [0.05, 0.1) is 6.10 Å². The van der Waals surface area contributed by atoms with E-state index in [1.807, 2.05) is 55.4 Å². The van der Waals surface area contributed by atoms with Crippen LogP contribution in [0.2, 0.25) is 0 Å². The Hall–Kier alpha value is -5.60. The van der Waals surface area contributed by atoms with Crippen molar-refractivity contribution in [2.75, 3.05) is 74.1 Å². The molecule has 0 aromatic carbocycles. The van der Waals surface area contributed by atoms with Gasteiger partial charge in [-0.25, -0.2) is 0 Å². The van der Waals surface area contributed by atoms with E-state index in [0.29, 0.717) is 37.9 Å². The molecule has 0 aromatic rings. The molecular formula is C67H123N11O14S. The molecule has 0 unspecified atom stereocenters. The fourth-order valence-electron chi connectivity index (χ4n) is 11.8. The number of thioether (sulfide) groups is 1. The predicted octanol–water partition coefficient (Wildman–Crippen LogP) is 3.34. The molecule has 0 bridgehead atoms. The monoisotopic (exact) mass is 1340 g/mol. The van der Waals surface area contributed by atoms with E-state index >= 15 is 28.8 Å². The number of hydrogen-bond donors (Lipinski definition) is 7. The van der Waals surface area contributed by atoms with Gasteiger partial charge in [-0.2, -0.15) is 11.8 Å². The molecule has 1 fully saturated rings. The van der Waals surface area contributed by atoms with Gasteiger partial charge in [0.15, 0.2) is 0 Å². The van der Waals surface area contributed by atoms with Crippen molar-refractivity contribution in [3.8, 4) is 0 Å². The van der Waals surface area contributed by atoms with Crippen LogP contribution in [0.1, 0.15) is 175 Å². The number of carbonyl (C=O) groups excluding carboxylic acids is 11. The number of hydrogen-bond acceptors (Lipinski definition) is 15. The Morgan fingerprint density at radius 3 is 1.27 bits per heavy atom. The van der Waals surface area contributed by atoms with Crippen molar-refractivity contribution in [1.29, 1.82) is 0 Å². The van der Waals surface area contributed by atoms with Gasteiger partial charge in [0.25, 0.3) is 0 Å². The Morgan fingerprint density at radius 2 is 0.806 bits per heavy atom. The minimum absolute atomic E-state index is 0.0240. The van der Waals surface area contributed by atoms with Crippen molar-refractivity contribution in [2.45, 2.75) is 248 Å². The van der Waals surface area contributed by atoms with Gasteiger partial charge in [0, 0.05) is 68.3 Å². The van der Waals surface area contributed by atoms with E-state index in [9.17, 15) is 39.3 Å². The van der Waals surface area contributed by atoms with Crippen molar-refractivity contribution < 1.29 is 68.1 Å². The third-order valence-corrected chi connectivity index (χ3v) is 18.8. The summed E-state index contributed by atoms with van der Waals surface area (Å²) in [6.07, 6.45) is 1.18. The summed E-state index contributed by atoms with van der Waals surface area (Å²) < 4.78 is 0. The third kappa shape index (κ3) is 25.2. The molecule has 7 N–H and O–H groups in total. The molecule has 0 spiro atoms. The highest BCUT2D eigenvalue weighted by Crippen LogP contribution is 2.27. The Balaban J connectivity index is 4.53. The van der Waals surface area contributed by atoms with Gasteiger partial charge in [0.1, 0.15) is 66.5 Å². The molecule has 93 heavy (non-hydrogen) atoms. The average molecular weight is 1340 g/mol. The maximum absolute atomic E-state index is 15.3. The molecule has 25 nitrogen and oxygen atoms in total. The van der Waals surface area contributed by atoms with Gasteiger partial charge in [0.2, 0.25) is 65.0 Å². The van der Waals surface area contributed by atoms with Gasteiger partial charge in [-0.15, -0.1) is 0 Å². The van der Waals surface area contributed by atoms with Gasteiger partial charge in [-0.1, -0.05) is 103 Å². The smallest absolute Gasteiger partial charge is 0.246 e. The summed E-state index contributed by atoms with van der Waals surface area (Å²) in [5.74, 6) is -9.62. The molecule has 26 heteroatoms. The summed E-state index contributed by atoms with van der Waals surface area (Å²) in [7, 11) is 9.95. The summed E-state index contributed by atoms with van der Waals surface area (Å²) in [5.41, 5.74) is 0. The van der Waals surface area contributed by atoms with E-state index in [2.05, 4.69) is 21.3 Å². The zero-order chi connectivity index (χ0) is 71.8. The van der Waals surface area contributed by atoms with E-state index < -0.39 is 155 Å². The first-order valence-electron chi connectivity index (χ1n) is 33.7. The molecule has 0 aliphatic carbocycles. The number of likely N-dealkylation sites (N-methyl/N-ethyl adjacent to an activating group) is 7. The van der Waals surface area contributed by atoms with Gasteiger partial charge in [-0.05, 0) is 119 Å². The summed E-state index contributed by atoms with van der Waals surface area (Å²) >= 11 is 1.35. The van der Waals surface area contributed by atoms with E-state index in [4.69, 9.17) is 0 Å². The highest BCUT2D eigenvalue weighted by Gasteiger charge is 2.46. The van der Waals surface area contributed by atoms with Crippen LogP contribution < -0.4 is 21.3 Å². The van der Waals surface area contributed by atoms with Crippen LogP contribution >= 0.6 is 11.8 Å². The number of amides is 11. The van der Waals surface area contributed by atoms with Gasteiger partial charge >= 0.3 is 0 Å². The summed E-state index contributed by atoms with van der Waals surface area (Å²) in [6.45, 7) is 27.8. The lowest BCUT2D eigenvalue weighted by Crippen LogP contribution is -2.64. The molecule has 11 amide bonds. The molecule has 13 atom stereocenters. The number of unbranched alkanes of at least 4 members (excludes halogenated alkanes) is 2. The number of nitrogens with zero attached hydrogens (tertiary/aromatic N) is 7. The third-order valence-electron chi connectivity index (χ3n) is 17.7. The standard InChI is InChI=1S/C67H123N11O14S/c1-24-47-62(87)76(21)52(37-93-32-28-27-31-80)65(90)72(17)49(34-39(4)5)59(84)71-53(42(10)11)66(91)73(18)48(33-38(2)3)58(83)68-45(15)57(82)69-46(16)61(86)74(19)50(35-40(6)7)63(88)75(20)51(36-41(8)9)64(89)77(22)54(43(12)13)67(92)78(23)55(60(85)70-47)56(81)44(14)29-25-26-30-79/h38-56,79-81H,24-37H2,1-23H3,(H,68,83)(H,69,82)(H,70,85)(H,71,84)/t44-,45+,46-,47+,48+,49+,50+,51+,52-,53+,54+,55+,56-/m1/s1. The SMILES string of the molecule is CC[C@@H]1NC(=O)[C@H]([C@H](O)[C@H](C)CCCCO)N(C)C(=O)[C@H](C(C)C)N(C)C(=O)[C@H](CC(C)C)N(C)C(=O)[C@H](CC(C)C)N(C)C(=O)[C@@H](C)NC(=O)[C@H](C)NC(=O)[C@H](CC(C)C)N(C)C(=O)[C@H](C(C)C)NC(=O)[C@H](CC(C)C)N(C)C(=O)[C@@H](CSCCCCO)N(C)C1=O. The Morgan fingerprint density at radius 1 is 0.409 bits per heavy atom. The van der Waals surface area contributed by atoms with Gasteiger partial charge in [-0.3, -0.25) is 52.7 Å². The van der Waals surface area contributed by atoms with Crippen LogP contribution in [0.4, 0.5) is 0 Å². The lowest BCUT2D eigenvalue weighted by atomic mass is 9.90. The second-order valence-electron chi connectivity index (χ2n) is 28.2. The first-order valence-corrected chi connectivity index (χ1v) is 34.9. The molecule has 1 heterocycles. The highest BCUT2D eigenvalue weighted by molar-refractivity contribution is 7.99. The number of rotatable bonds is 23. The zero-order valence-corrected chi connectivity index (χ0v) is 61.6. The van der Waals surface area contributed by atoms with Crippen LogP contribution in [-0.4, -0.2) is 261 Å². The molecule has 0 saturated carbocycles. The number of carbonyl (C=O) groups is 11. The quantitative estimate of drug-likeness (QED) is 0.0722. The maximum atomic E-state index is 15.3. The van der Waals surface area contributed by atoms with Crippen LogP contribution in [0, 0.1) is 41.4 Å². The van der Waals surface area contributed by atoms with Gasteiger partial charge < -0.3 is 70.9 Å². The fourth-order valence-corrected chi connectivity index (χ4v) is 12.9. The topological polar surface area (TPSA) is 319 Å². The van der Waals surface area contributed by atoms with E-state index in [0.717, 1.165) is 4.90 Å². The van der Waals surface area contributed by atoms with Crippen molar-refractivity contribution in [3.63, 3.8) is 0 Å². The normalized spacial score (nSPS) is 26.3. The van der Waals surface area contributed by atoms with E-state index in [1.54, 1.807) is 41.5 Å². The fraction of sp³-hybridized carbons (Fsp3) is 0.836. The van der Waals surface area contributed by atoms with Crippen LogP contribution in [0.5, 0.6) is 0 Å². The minimum Gasteiger partial charge on any atom is -0.396 e. The summed E-state index contributed by atoms with van der Waals surface area (Å²) in [4.78, 5) is 172. The van der Waals surface area contributed by atoms with Crippen LogP contribution in [0.15, 0.2) is 0 Å².